The Balaban J connectivity index is 2.15. The van der Waals surface area contributed by atoms with Gasteiger partial charge >= 0.3 is 12.3 Å². The molecule has 11 heteroatoms. The van der Waals surface area contributed by atoms with E-state index in [2.05, 4.69) is 10.1 Å². The Kier molecular flexibility index (Phi) is 7.47. The number of hydrogen-bond acceptors (Lipinski definition) is 6. The van der Waals surface area contributed by atoms with Gasteiger partial charge in [0.05, 0.1) is 20.1 Å². The minimum atomic E-state index is -4.98. The molecule has 0 amide bonds. The van der Waals surface area contributed by atoms with Gasteiger partial charge in [-0.1, -0.05) is 36.0 Å². The topological polar surface area (TPSA) is 66.0 Å². The van der Waals surface area contributed by atoms with Crippen LogP contribution in [0.15, 0.2) is 36.4 Å². The summed E-state index contributed by atoms with van der Waals surface area (Å²) in [5.41, 5.74) is 0.897. The first-order valence-electron chi connectivity index (χ1n) is 9.47. The zero-order valence-corrected chi connectivity index (χ0v) is 18.6. The molecule has 0 spiro atoms. The number of carbonyl (C=O) groups excluding carboxylic acids is 1. The Morgan fingerprint density at radius 2 is 2.00 bits per heavy atom. The predicted octanol–water partition coefficient (Wildman–Crippen LogP) is 5.43. The van der Waals surface area contributed by atoms with Crippen LogP contribution in [0.2, 0.25) is 5.02 Å². The van der Waals surface area contributed by atoms with E-state index in [-0.39, 0.29) is 29.3 Å². The minimum Gasteiger partial charge on any atom is -0.493 e. The van der Waals surface area contributed by atoms with Crippen LogP contribution in [0, 0.1) is 0 Å². The fourth-order valence-corrected chi connectivity index (χ4v) is 3.68. The van der Waals surface area contributed by atoms with E-state index in [0.717, 1.165) is 0 Å². The summed E-state index contributed by atoms with van der Waals surface area (Å²) >= 11 is 11.5. The number of carbonyl (C=O) groups is 1. The molecule has 1 heterocycles. The Morgan fingerprint density at radius 1 is 1.25 bits per heavy atom. The molecule has 2 atom stereocenters. The number of hydrogen-bond donors (Lipinski definition) is 1. The zero-order valence-electron chi connectivity index (χ0n) is 17.0. The van der Waals surface area contributed by atoms with Gasteiger partial charge in [-0.05, 0) is 31.2 Å². The molecule has 0 radical (unpaired) electrons. The van der Waals surface area contributed by atoms with Gasteiger partial charge in [0.2, 0.25) is 0 Å². The van der Waals surface area contributed by atoms with Gasteiger partial charge in [-0.2, -0.15) is 0 Å². The number of methoxy groups -OCH3 is 1. The van der Waals surface area contributed by atoms with E-state index in [1.165, 1.54) is 25.3 Å². The number of ether oxygens (including phenoxy) is 4. The second-order valence-corrected chi connectivity index (χ2v) is 7.54. The van der Waals surface area contributed by atoms with Crippen molar-refractivity contribution in [3.05, 3.63) is 52.5 Å². The molecule has 172 valence electrons. The van der Waals surface area contributed by atoms with Crippen LogP contribution in [-0.2, 0) is 14.3 Å². The number of thiocarbonyl (C=S) groups is 1. The third-order valence-electron chi connectivity index (χ3n) is 4.53. The van der Waals surface area contributed by atoms with Crippen molar-refractivity contribution in [2.24, 2.45) is 0 Å². The van der Waals surface area contributed by atoms with Crippen LogP contribution in [0.4, 0.5) is 18.9 Å². The molecule has 3 rings (SSSR count). The highest BCUT2D eigenvalue weighted by molar-refractivity contribution is 7.80. The number of anilines is 1. The van der Waals surface area contributed by atoms with Crippen LogP contribution in [0.25, 0.3) is 0 Å². The third kappa shape index (κ3) is 5.62. The van der Waals surface area contributed by atoms with Gasteiger partial charge in [0.1, 0.15) is 17.2 Å². The molecular formula is C21H19ClF3NO5S. The molecule has 0 fully saturated rings. The van der Waals surface area contributed by atoms with Crippen LogP contribution >= 0.6 is 23.8 Å². The van der Waals surface area contributed by atoms with Crippen molar-refractivity contribution >= 4 is 40.5 Å². The minimum absolute atomic E-state index is 0.0190. The highest BCUT2D eigenvalue weighted by Gasteiger charge is 2.38. The van der Waals surface area contributed by atoms with Crippen LogP contribution in [-0.4, -0.2) is 37.1 Å². The fourth-order valence-electron chi connectivity index (χ4n) is 3.25. The number of nitrogens with one attached hydrogen (secondary N) is 1. The van der Waals surface area contributed by atoms with E-state index in [1.54, 1.807) is 25.1 Å². The standard InChI is InChI=1S/C21H19ClF3NO5S/c1-3-29-17(27)10-16-20(32)26-14-8-7-11(22)9-13(14)18(30-16)12-5-4-6-15(28-2)19(12)31-21(23,24)25/h4-9,16,18H,3,10H2,1-2H3,(H,26,32)/t16-,18-/m1/s1. The quantitative estimate of drug-likeness (QED) is 0.429. The highest BCUT2D eigenvalue weighted by atomic mass is 35.5. The lowest BCUT2D eigenvalue weighted by Crippen LogP contribution is -2.31. The van der Waals surface area contributed by atoms with Gasteiger partial charge in [-0.25, -0.2) is 0 Å². The van der Waals surface area contributed by atoms with Gasteiger partial charge in [0, 0.05) is 21.8 Å². The summed E-state index contributed by atoms with van der Waals surface area (Å²) in [6, 6.07) is 9.01. The molecule has 1 aliphatic heterocycles. The molecule has 0 bridgehead atoms. The van der Waals surface area contributed by atoms with Crippen molar-refractivity contribution < 1.29 is 36.9 Å². The molecule has 0 aromatic heterocycles. The summed E-state index contributed by atoms with van der Waals surface area (Å²) in [5, 5.41) is 3.32. The molecule has 0 saturated heterocycles. The molecule has 0 unspecified atom stereocenters. The molecule has 1 aliphatic rings. The van der Waals surface area contributed by atoms with Gasteiger partial charge in [-0.3, -0.25) is 4.79 Å². The van der Waals surface area contributed by atoms with Crippen molar-refractivity contribution in [3.63, 3.8) is 0 Å². The van der Waals surface area contributed by atoms with Crippen molar-refractivity contribution in [2.75, 3.05) is 19.0 Å². The smallest absolute Gasteiger partial charge is 0.493 e. The molecule has 6 nitrogen and oxygen atoms in total. The number of fused-ring (bicyclic) bond motifs is 1. The van der Waals surface area contributed by atoms with E-state index in [0.29, 0.717) is 16.3 Å². The second kappa shape index (κ2) is 9.93. The van der Waals surface area contributed by atoms with Crippen LogP contribution in [0.1, 0.15) is 30.6 Å². The zero-order chi connectivity index (χ0) is 23.5. The van der Waals surface area contributed by atoms with Gasteiger partial charge < -0.3 is 24.3 Å². The predicted molar refractivity (Wildman–Crippen MR) is 115 cm³/mol. The van der Waals surface area contributed by atoms with Crippen molar-refractivity contribution in [2.45, 2.75) is 31.9 Å². The average Bonchev–Trinajstić information content (AvgIpc) is 2.84. The SMILES string of the molecule is CCOC(=O)C[C@H]1O[C@H](c2cccc(OC)c2OC(F)(F)F)c2cc(Cl)ccc2NC1=S. The first-order chi connectivity index (χ1) is 15.1. The van der Waals surface area contributed by atoms with Gasteiger partial charge in [-0.15, -0.1) is 13.2 Å². The number of benzene rings is 2. The van der Waals surface area contributed by atoms with E-state index in [1.807, 2.05) is 0 Å². The fraction of sp³-hybridized carbons (Fsp3) is 0.333. The Labute approximate surface area is 192 Å². The van der Waals surface area contributed by atoms with Gasteiger partial charge in [0.15, 0.2) is 11.5 Å². The number of esters is 1. The number of para-hydroxylation sites is 1. The summed E-state index contributed by atoms with van der Waals surface area (Å²) < 4.78 is 60.1. The summed E-state index contributed by atoms with van der Waals surface area (Å²) in [4.78, 5) is 12.3. The van der Waals surface area contributed by atoms with Crippen molar-refractivity contribution in [3.8, 4) is 11.5 Å². The first-order valence-corrected chi connectivity index (χ1v) is 10.3. The first kappa shape index (κ1) is 24.1. The maximum atomic E-state index is 13.2. The summed E-state index contributed by atoms with van der Waals surface area (Å²) in [5.74, 6) is -1.28. The van der Waals surface area contributed by atoms with Crippen molar-refractivity contribution in [1.82, 2.24) is 0 Å². The summed E-state index contributed by atoms with van der Waals surface area (Å²) in [7, 11) is 1.22. The Hall–Kier alpha value is -2.56. The molecule has 0 aliphatic carbocycles. The molecule has 32 heavy (non-hydrogen) atoms. The second-order valence-electron chi connectivity index (χ2n) is 6.66. The maximum Gasteiger partial charge on any atom is 0.573 e. The van der Waals surface area contributed by atoms with Gasteiger partial charge in [0.25, 0.3) is 0 Å². The number of alkyl halides is 3. The van der Waals surface area contributed by atoms with Crippen molar-refractivity contribution in [1.29, 1.82) is 0 Å². The molecule has 0 saturated carbocycles. The molecule has 2 aromatic carbocycles. The molecule has 2 aromatic rings. The van der Waals surface area contributed by atoms with Crippen LogP contribution < -0.4 is 14.8 Å². The van der Waals surface area contributed by atoms with E-state index in [9.17, 15) is 18.0 Å². The average molecular weight is 490 g/mol. The van der Waals surface area contributed by atoms with E-state index in [4.69, 9.17) is 38.0 Å². The summed E-state index contributed by atoms with van der Waals surface area (Å²) in [6.45, 7) is 1.81. The van der Waals surface area contributed by atoms with Crippen LogP contribution in [0.3, 0.4) is 0 Å². The largest absolute Gasteiger partial charge is 0.573 e. The van der Waals surface area contributed by atoms with Crippen LogP contribution in [0.5, 0.6) is 11.5 Å². The lowest BCUT2D eigenvalue weighted by Gasteiger charge is -2.25. The normalized spacial score (nSPS) is 18.2. The Bertz CT molecular complexity index is 1020. The monoisotopic (exact) mass is 489 g/mol. The molecular weight excluding hydrogens is 471 g/mol. The number of rotatable bonds is 6. The maximum absolute atomic E-state index is 13.2. The number of halogens is 4. The van der Waals surface area contributed by atoms with E-state index >= 15 is 0 Å². The highest BCUT2D eigenvalue weighted by Crippen LogP contribution is 2.45. The lowest BCUT2D eigenvalue weighted by atomic mass is 9.98. The van der Waals surface area contributed by atoms with E-state index < -0.39 is 30.3 Å². The molecule has 1 N–H and O–H groups in total. The summed E-state index contributed by atoms with van der Waals surface area (Å²) in [6.07, 6.45) is -7.32. The third-order valence-corrected chi connectivity index (χ3v) is 5.13. The lowest BCUT2D eigenvalue weighted by molar-refractivity contribution is -0.275. The Morgan fingerprint density at radius 3 is 2.66 bits per heavy atom.